The van der Waals surface area contributed by atoms with Gasteiger partial charge in [0.15, 0.2) is 0 Å². The Hall–Kier alpha value is -2.41. The zero-order valence-corrected chi connectivity index (χ0v) is 14.1. The molecule has 0 saturated carbocycles. The van der Waals surface area contributed by atoms with Gasteiger partial charge in [-0.15, -0.1) is 0 Å². The number of urea groups is 1. The fraction of sp³-hybridized carbons (Fsp3) is 0.471. The maximum absolute atomic E-state index is 12.4. The number of imidazole rings is 1. The van der Waals surface area contributed by atoms with Gasteiger partial charge in [-0.3, -0.25) is 4.98 Å². The summed E-state index contributed by atoms with van der Waals surface area (Å²) in [6.45, 7) is 3.73. The van der Waals surface area contributed by atoms with E-state index in [4.69, 9.17) is 5.73 Å². The molecule has 1 fully saturated rings. The molecule has 0 unspecified atom stereocenters. The second-order valence-corrected chi connectivity index (χ2v) is 6.37. The smallest absolute Gasteiger partial charge is 0.317 e. The molecule has 0 spiro atoms. The lowest BCUT2D eigenvalue weighted by Gasteiger charge is -2.17. The largest absolute Gasteiger partial charge is 0.340 e. The Morgan fingerprint density at radius 2 is 2.25 bits per heavy atom. The van der Waals surface area contributed by atoms with Crippen molar-refractivity contribution >= 4 is 6.03 Å². The maximum Gasteiger partial charge on any atom is 0.317 e. The van der Waals surface area contributed by atoms with E-state index in [0.29, 0.717) is 19.6 Å². The normalized spacial score (nSPS) is 20.4. The van der Waals surface area contributed by atoms with Gasteiger partial charge in [-0.1, -0.05) is 6.07 Å². The molecule has 128 valence electrons. The van der Waals surface area contributed by atoms with Gasteiger partial charge in [0.1, 0.15) is 0 Å². The summed E-state index contributed by atoms with van der Waals surface area (Å²) in [6, 6.07) is 3.81. The number of aromatic nitrogens is 3. The summed E-state index contributed by atoms with van der Waals surface area (Å²) in [5.74, 6) is 0.0949. The Morgan fingerprint density at radius 3 is 2.96 bits per heavy atom. The lowest BCUT2D eigenvalue weighted by Crippen LogP contribution is -2.40. The van der Waals surface area contributed by atoms with Gasteiger partial charge < -0.3 is 20.5 Å². The van der Waals surface area contributed by atoms with E-state index in [1.807, 2.05) is 36.9 Å². The molecule has 2 amide bonds. The summed E-state index contributed by atoms with van der Waals surface area (Å²) in [7, 11) is 1.93. The Balaban J connectivity index is 1.52. The Bertz CT molecular complexity index is 713. The van der Waals surface area contributed by atoms with Crippen LogP contribution < -0.4 is 11.1 Å². The van der Waals surface area contributed by atoms with Crippen molar-refractivity contribution < 1.29 is 4.79 Å². The summed E-state index contributed by atoms with van der Waals surface area (Å²) in [5.41, 5.74) is 9.32. The molecule has 3 N–H and O–H groups in total. The Labute approximate surface area is 141 Å². The Morgan fingerprint density at radius 1 is 1.42 bits per heavy atom. The van der Waals surface area contributed by atoms with Crippen LogP contribution in [0.1, 0.15) is 22.9 Å². The number of hydrogen-bond donors (Lipinski definition) is 2. The van der Waals surface area contributed by atoms with Gasteiger partial charge in [-0.05, 0) is 25.0 Å². The van der Waals surface area contributed by atoms with Gasteiger partial charge in [0.05, 0.1) is 12.0 Å². The number of aryl methyl sites for hydroxylation is 2. The van der Waals surface area contributed by atoms with E-state index in [0.717, 1.165) is 23.4 Å². The highest BCUT2D eigenvalue weighted by Crippen LogP contribution is 2.25. The minimum absolute atomic E-state index is 0.0644. The molecular weight excluding hydrogens is 304 g/mol. The zero-order chi connectivity index (χ0) is 17.1. The lowest BCUT2D eigenvalue weighted by atomic mass is 10.0. The highest BCUT2D eigenvalue weighted by molar-refractivity contribution is 5.74. The number of amides is 2. The molecule has 0 radical (unpaired) electrons. The van der Waals surface area contributed by atoms with Crippen LogP contribution >= 0.6 is 0 Å². The highest BCUT2D eigenvalue weighted by Gasteiger charge is 2.35. The first-order valence-electron chi connectivity index (χ1n) is 8.21. The number of rotatable bonds is 4. The minimum Gasteiger partial charge on any atom is -0.340 e. The average molecular weight is 328 g/mol. The van der Waals surface area contributed by atoms with E-state index < -0.39 is 0 Å². The highest BCUT2D eigenvalue weighted by atomic mass is 16.2. The van der Waals surface area contributed by atoms with Gasteiger partial charge in [-0.25, -0.2) is 9.78 Å². The summed E-state index contributed by atoms with van der Waals surface area (Å²) in [5, 5.41) is 2.98. The average Bonchev–Trinajstić information content (AvgIpc) is 3.15. The molecule has 0 aromatic carbocycles. The third-order valence-corrected chi connectivity index (χ3v) is 4.54. The number of likely N-dealkylation sites (tertiary alicyclic amines) is 1. The molecule has 0 bridgehead atoms. The van der Waals surface area contributed by atoms with Gasteiger partial charge in [0.2, 0.25) is 0 Å². The standard InChI is InChI=1S/C17H24N6O/c1-12-13(4-3-6-19-12)5-7-20-17(24)23-8-14(15(18)9-23)16-10-22(2)11-21-16/h3-4,6,10-11,14-15H,5,7-9,18H2,1-2H3,(H,20,24)/t14-,15-/m1/s1. The van der Waals surface area contributed by atoms with Crippen molar-refractivity contribution in [3.05, 3.63) is 47.8 Å². The molecule has 7 heteroatoms. The maximum atomic E-state index is 12.4. The molecule has 7 nitrogen and oxygen atoms in total. The van der Waals surface area contributed by atoms with Crippen molar-refractivity contribution in [1.82, 2.24) is 24.8 Å². The van der Waals surface area contributed by atoms with Gasteiger partial charge in [-0.2, -0.15) is 0 Å². The quantitative estimate of drug-likeness (QED) is 0.869. The lowest BCUT2D eigenvalue weighted by molar-refractivity contribution is 0.208. The molecule has 1 aliphatic rings. The molecule has 3 heterocycles. The molecule has 3 rings (SSSR count). The van der Waals surface area contributed by atoms with Crippen LogP contribution in [0.2, 0.25) is 0 Å². The fourth-order valence-electron chi connectivity index (χ4n) is 3.13. The summed E-state index contributed by atoms with van der Waals surface area (Å²) < 4.78 is 1.90. The number of carbonyl (C=O) groups excluding carboxylic acids is 1. The van der Waals surface area contributed by atoms with E-state index in [1.165, 1.54) is 0 Å². The van der Waals surface area contributed by atoms with E-state index >= 15 is 0 Å². The number of hydrogen-bond acceptors (Lipinski definition) is 4. The van der Waals surface area contributed by atoms with Crippen LogP contribution in [0.25, 0.3) is 0 Å². The summed E-state index contributed by atoms with van der Waals surface area (Å²) >= 11 is 0. The first-order chi connectivity index (χ1) is 11.5. The number of nitrogens with two attached hydrogens (primary N) is 1. The predicted molar refractivity (Wildman–Crippen MR) is 91.6 cm³/mol. The molecule has 1 saturated heterocycles. The molecule has 2 aromatic rings. The third-order valence-electron chi connectivity index (χ3n) is 4.54. The van der Waals surface area contributed by atoms with Crippen LogP contribution in [0.4, 0.5) is 4.79 Å². The van der Waals surface area contributed by atoms with Crippen molar-refractivity contribution in [1.29, 1.82) is 0 Å². The van der Waals surface area contributed by atoms with Crippen LogP contribution in [0.15, 0.2) is 30.9 Å². The van der Waals surface area contributed by atoms with E-state index in [1.54, 1.807) is 17.4 Å². The van der Waals surface area contributed by atoms with Crippen molar-refractivity contribution in [2.45, 2.75) is 25.3 Å². The summed E-state index contributed by atoms with van der Waals surface area (Å²) in [4.78, 5) is 22.8. The van der Waals surface area contributed by atoms with E-state index in [9.17, 15) is 4.79 Å². The van der Waals surface area contributed by atoms with Crippen LogP contribution in [-0.4, -0.2) is 51.1 Å². The zero-order valence-electron chi connectivity index (χ0n) is 14.1. The predicted octanol–water partition coefficient (Wildman–Crippen LogP) is 0.802. The van der Waals surface area contributed by atoms with Crippen LogP contribution in [0.5, 0.6) is 0 Å². The second-order valence-electron chi connectivity index (χ2n) is 6.37. The SMILES string of the molecule is Cc1ncccc1CCNC(=O)N1C[C@@H](N)[C@H](c2cn(C)cn2)C1. The number of nitrogens with one attached hydrogen (secondary N) is 1. The monoisotopic (exact) mass is 328 g/mol. The van der Waals surface area contributed by atoms with Crippen LogP contribution in [0, 0.1) is 6.92 Å². The number of carbonyl (C=O) groups is 1. The van der Waals surface area contributed by atoms with E-state index in [2.05, 4.69) is 15.3 Å². The summed E-state index contributed by atoms with van der Waals surface area (Å²) in [6.07, 6.45) is 6.29. The van der Waals surface area contributed by atoms with Crippen LogP contribution in [-0.2, 0) is 13.5 Å². The third kappa shape index (κ3) is 3.56. The van der Waals surface area contributed by atoms with Crippen LogP contribution in [0.3, 0.4) is 0 Å². The van der Waals surface area contributed by atoms with Crippen molar-refractivity contribution in [2.24, 2.45) is 12.8 Å². The molecular formula is C17H24N6O. The first kappa shape index (κ1) is 16.4. The minimum atomic E-state index is -0.0776. The first-order valence-corrected chi connectivity index (χ1v) is 8.21. The molecule has 24 heavy (non-hydrogen) atoms. The van der Waals surface area contributed by atoms with Gasteiger partial charge in [0.25, 0.3) is 0 Å². The number of pyridine rings is 1. The molecule has 1 aliphatic heterocycles. The number of nitrogens with zero attached hydrogens (tertiary/aromatic N) is 4. The van der Waals surface area contributed by atoms with Gasteiger partial charge in [0, 0.05) is 56.7 Å². The fourth-order valence-corrected chi connectivity index (χ4v) is 3.13. The van der Waals surface area contributed by atoms with Gasteiger partial charge >= 0.3 is 6.03 Å². The van der Waals surface area contributed by atoms with E-state index in [-0.39, 0.29) is 18.0 Å². The molecule has 2 atom stereocenters. The molecule has 2 aromatic heterocycles. The van der Waals surface area contributed by atoms with Crippen molar-refractivity contribution in [3.63, 3.8) is 0 Å². The van der Waals surface area contributed by atoms with Crippen molar-refractivity contribution in [3.8, 4) is 0 Å². The van der Waals surface area contributed by atoms with Crippen molar-refractivity contribution in [2.75, 3.05) is 19.6 Å². The second kappa shape index (κ2) is 7.00. The Kier molecular flexibility index (Phi) is 4.80. The molecule has 0 aliphatic carbocycles. The topological polar surface area (TPSA) is 89.1 Å².